The molecule has 130 valence electrons. The molecule has 4 heterocycles. The minimum Gasteiger partial charge on any atom is -0.336 e. The summed E-state index contributed by atoms with van der Waals surface area (Å²) in [7, 11) is 0. The SMILES string of the molecule is O=C(c1cnccn1)N1CC(C(=O)N2CCn3c2nc2ccccc23)C1. The van der Waals surface area contributed by atoms with Crippen molar-refractivity contribution in [2.75, 3.05) is 24.5 Å². The number of amides is 2. The van der Waals surface area contributed by atoms with Crippen LogP contribution in [-0.2, 0) is 11.3 Å². The van der Waals surface area contributed by atoms with E-state index in [-0.39, 0.29) is 17.7 Å². The fourth-order valence-corrected chi connectivity index (χ4v) is 3.59. The van der Waals surface area contributed by atoms with Gasteiger partial charge >= 0.3 is 0 Å². The fraction of sp³-hybridized carbons (Fsp3) is 0.278. The van der Waals surface area contributed by atoms with Crippen LogP contribution in [0.2, 0.25) is 0 Å². The smallest absolute Gasteiger partial charge is 0.274 e. The third-order valence-corrected chi connectivity index (χ3v) is 4.99. The van der Waals surface area contributed by atoms with E-state index >= 15 is 0 Å². The van der Waals surface area contributed by atoms with Gasteiger partial charge in [0.05, 0.1) is 23.1 Å². The summed E-state index contributed by atoms with van der Waals surface area (Å²) < 4.78 is 2.08. The van der Waals surface area contributed by atoms with Crippen molar-refractivity contribution in [1.82, 2.24) is 24.4 Å². The Kier molecular flexibility index (Phi) is 3.24. The minimum absolute atomic E-state index is 0.0299. The molecule has 0 aliphatic carbocycles. The average molecular weight is 348 g/mol. The maximum Gasteiger partial charge on any atom is 0.274 e. The Morgan fingerprint density at radius 3 is 2.73 bits per heavy atom. The zero-order valence-corrected chi connectivity index (χ0v) is 13.9. The number of likely N-dealkylation sites (tertiary alicyclic amines) is 1. The van der Waals surface area contributed by atoms with Crippen molar-refractivity contribution in [3.63, 3.8) is 0 Å². The van der Waals surface area contributed by atoms with Gasteiger partial charge in [0, 0.05) is 38.6 Å². The molecule has 0 unspecified atom stereocenters. The molecule has 0 bridgehead atoms. The van der Waals surface area contributed by atoms with E-state index in [1.807, 2.05) is 24.3 Å². The van der Waals surface area contributed by atoms with E-state index < -0.39 is 0 Å². The Morgan fingerprint density at radius 2 is 1.92 bits per heavy atom. The second kappa shape index (κ2) is 5.62. The van der Waals surface area contributed by atoms with Crippen LogP contribution in [0.5, 0.6) is 0 Å². The van der Waals surface area contributed by atoms with Crippen molar-refractivity contribution in [1.29, 1.82) is 0 Å². The zero-order chi connectivity index (χ0) is 17.7. The van der Waals surface area contributed by atoms with Crippen LogP contribution in [0.3, 0.4) is 0 Å². The molecule has 1 fully saturated rings. The van der Waals surface area contributed by atoms with Crippen LogP contribution in [0.25, 0.3) is 11.0 Å². The number of anilines is 1. The second-order valence-corrected chi connectivity index (χ2v) is 6.54. The maximum absolute atomic E-state index is 12.9. The highest BCUT2D eigenvalue weighted by Gasteiger charge is 2.41. The van der Waals surface area contributed by atoms with Crippen molar-refractivity contribution < 1.29 is 9.59 Å². The number of carbonyl (C=O) groups excluding carboxylic acids is 2. The number of benzene rings is 1. The van der Waals surface area contributed by atoms with Crippen molar-refractivity contribution in [2.45, 2.75) is 6.54 Å². The van der Waals surface area contributed by atoms with Gasteiger partial charge in [0.15, 0.2) is 0 Å². The summed E-state index contributed by atoms with van der Waals surface area (Å²) in [6.07, 6.45) is 4.46. The lowest BCUT2D eigenvalue weighted by atomic mass is 9.98. The van der Waals surface area contributed by atoms with E-state index in [4.69, 9.17) is 0 Å². The molecule has 8 heteroatoms. The largest absolute Gasteiger partial charge is 0.336 e. The Morgan fingerprint density at radius 1 is 1.08 bits per heavy atom. The van der Waals surface area contributed by atoms with Gasteiger partial charge in [-0.15, -0.1) is 0 Å². The molecule has 2 aliphatic rings. The Labute approximate surface area is 149 Å². The van der Waals surface area contributed by atoms with Gasteiger partial charge in [-0.05, 0) is 12.1 Å². The van der Waals surface area contributed by atoms with E-state index in [2.05, 4.69) is 19.5 Å². The third-order valence-electron chi connectivity index (χ3n) is 4.99. The molecular weight excluding hydrogens is 332 g/mol. The maximum atomic E-state index is 12.9. The van der Waals surface area contributed by atoms with Crippen molar-refractivity contribution in [3.8, 4) is 0 Å². The van der Waals surface area contributed by atoms with Gasteiger partial charge in [-0.2, -0.15) is 0 Å². The number of imidazole rings is 1. The first-order valence-corrected chi connectivity index (χ1v) is 8.54. The minimum atomic E-state index is -0.193. The van der Waals surface area contributed by atoms with Gasteiger partial charge in [-0.3, -0.25) is 19.5 Å². The number of aromatic nitrogens is 4. The Hall–Kier alpha value is -3.29. The summed E-state index contributed by atoms with van der Waals surface area (Å²) in [5.74, 6) is 0.356. The van der Waals surface area contributed by atoms with Crippen molar-refractivity contribution in [2.24, 2.45) is 5.92 Å². The molecule has 2 aliphatic heterocycles. The first-order valence-electron chi connectivity index (χ1n) is 8.54. The predicted octanol–water partition coefficient (Wildman–Crippen LogP) is 0.945. The van der Waals surface area contributed by atoms with Gasteiger partial charge in [0.25, 0.3) is 5.91 Å². The highest BCUT2D eigenvalue weighted by atomic mass is 16.2. The average Bonchev–Trinajstić information content (AvgIpc) is 3.20. The molecule has 3 aromatic rings. The first-order chi connectivity index (χ1) is 12.7. The van der Waals surface area contributed by atoms with Gasteiger partial charge in [0.2, 0.25) is 11.9 Å². The summed E-state index contributed by atoms with van der Waals surface area (Å²) in [5, 5.41) is 0. The predicted molar refractivity (Wildman–Crippen MR) is 93.5 cm³/mol. The van der Waals surface area contributed by atoms with Crippen LogP contribution in [0.1, 0.15) is 10.5 Å². The molecule has 0 saturated carbocycles. The van der Waals surface area contributed by atoms with Gasteiger partial charge in [0.1, 0.15) is 5.69 Å². The lowest BCUT2D eigenvalue weighted by Crippen LogP contribution is -2.56. The summed E-state index contributed by atoms with van der Waals surface area (Å²) in [4.78, 5) is 41.1. The van der Waals surface area contributed by atoms with Crippen molar-refractivity contribution >= 4 is 28.8 Å². The molecule has 0 spiro atoms. The quantitative estimate of drug-likeness (QED) is 0.688. The first kappa shape index (κ1) is 15.0. The van der Waals surface area contributed by atoms with E-state index in [1.165, 1.54) is 18.6 Å². The van der Waals surface area contributed by atoms with E-state index in [9.17, 15) is 9.59 Å². The van der Waals surface area contributed by atoms with Crippen LogP contribution in [0, 0.1) is 5.92 Å². The number of nitrogens with zero attached hydrogens (tertiary/aromatic N) is 6. The number of fused-ring (bicyclic) bond motifs is 3. The molecule has 26 heavy (non-hydrogen) atoms. The fourth-order valence-electron chi connectivity index (χ4n) is 3.59. The molecule has 1 saturated heterocycles. The highest BCUT2D eigenvalue weighted by Crippen LogP contribution is 2.30. The highest BCUT2D eigenvalue weighted by molar-refractivity contribution is 5.99. The normalized spacial score (nSPS) is 16.6. The molecule has 2 amide bonds. The molecule has 1 aromatic carbocycles. The standard InChI is InChI=1S/C18H16N6O2/c25-16(12-10-22(11-12)17(26)14-9-19-5-6-20-14)24-8-7-23-15-4-2-1-3-13(15)21-18(23)24/h1-6,9,12H,7-8,10-11H2. The van der Waals surface area contributed by atoms with Crippen LogP contribution < -0.4 is 4.90 Å². The molecule has 5 rings (SSSR count). The van der Waals surface area contributed by atoms with Gasteiger partial charge < -0.3 is 9.47 Å². The number of hydrogen-bond acceptors (Lipinski definition) is 5. The number of hydrogen-bond donors (Lipinski definition) is 0. The zero-order valence-electron chi connectivity index (χ0n) is 13.9. The van der Waals surface area contributed by atoms with Crippen LogP contribution in [0.4, 0.5) is 5.95 Å². The Bertz CT molecular complexity index is 1010. The lowest BCUT2D eigenvalue weighted by Gasteiger charge is -2.39. The van der Waals surface area contributed by atoms with Gasteiger partial charge in [-0.25, -0.2) is 9.97 Å². The van der Waals surface area contributed by atoms with E-state index in [0.717, 1.165) is 17.6 Å². The summed E-state index contributed by atoms with van der Waals surface area (Å²) >= 11 is 0. The van der Waals surface area contributed by atoms with E-state index in [0.29, 0.717) is 31.3 Å². The van der Waals surface area contributed by atoms with Gasteiger partial charge in [-0.1, -0.05) is 12.1 Å². The van der Waals surface area contributed by atoms with Crippen molar-refractivity contribution in [3.05, 3.63) is 48.5 Å². The molecular formula is C18H16N6O2. The van der Waals surface area contributed by atoms with E-state index in [1.54, 1.807) is 9.80 Å². The summed E-state index contributed by atoms with van der Waals surface area (Å²) in [5.41, 5.74) is 2.25. The number of rotatable bonds is 2. The van der Waals surface area contributed by atoms with Crippen LogP contribution in [0.15, 0.2) is 42.9 Å². The molecule has 0 radical (unpaired) electrons. The summed E-state index contributed by atoms with van der Waals surface area (Å²) in [6.45, 7) is 2.19. The molecule has 0 atom stereocenters. The topological polar surface area (TPSA) is 84.2 Å². The molecule has 0 N–H and O–H groups in total. The van der Waals surface area contributed by atoms with Crippen LogP contribution >= 0.6 is 0 Å². The third kappa shape index (κ3) is 2.18. The second-order valence-electron chi connectivity index (χ2n) is 6.54. The van der Waals surface area contributed by atoms with Crippen LogP contribution in [-0.4, -0.2) is 55.9 Å². The lowest BCUT2D eigenvalue weighted by molar-refractivity contribution is -0.126. The number of carbonyl (C=O) groups is 2. The number of para-hydroxylation sites is 2. The Balaban J connectivity index is 1.31. The monoisotopic (exact) mass is 348 g/mol. The molecule has 8 nitrogen and oxygen atoms in total. The summed E-state index contributed by atoms with van der Waals surface area (Å²) in [6, 6.07) is 7.89. The molecule has 2 aromatic heterocycles.